The van der Waals surface area contributed by atoms with E-state index in [0.29, 0.717) is 17.4 Å². The molecule has 26 heavy (non-hydrogen) atoms. The van der Waals surface area contributed by atoms with Crippen molar-refractivity contribution >= 4 is 5.91 Å². The Hall–Kier alpha value is -2.18. The Bertz CT molecular complexity index is 717. The fourth-order valence-corrected chi connectivity index (χ4v) is 3.80. The summed E-state index contributed by atoms with van der Waals surface area (Å²) in [6, 6.07) is 9.84. The van der Waals surface area contributed by atoms with Crippen LogP contribution in [0.1, 0.15) is 36.0 Å². The van der Waals surface area contributed by atoms with Gasteiger partial charge in [0.05, 0.1) is 6.10 Å². The molecule has 6 nitrogen and oxygen atoms in total. The zero-order valence-corrected chi connectivity index (χ0v) is 14.9. The molecule has 0 radical (unpaired) electrons. The Labute approximate surface area is 153 Å². The van der Waals surface area contributed by atoms with Crippen LogP contribution in [0.5, 0.6) is 0 Å². The molecule has 3 heterocycles. The maximum Gasteiger partial charge on any atom is 0.257 e. The average Bonchev–Trinajstić information content (AvgIpc) is 3.36. The van der Waals surface area contributed by atoms with Crippen molar-refractivity contribution in [1.82, 2.24) is 15.4 Å². The Kier molecular flexibility index (Phi) is 5.32. The number of piperidine rings is 1. The van der Waals surface area contributed by atoms with Crippen molar-refractivity contribution in [3.63, 3.8) is 0 Å². The Morgan fingerprint density at radius 3 is 2.73 bits per heavy atom. The molecule has 1 atom stereocenters. The second-order valence-corrected chi connectivity index (χ2v) is 7.13. The summed E-state index contributed by atoms with van der Waals surface area (Å²) >= 11 is 0. The van der Waals surface area contributed by atoms with Gasteiger partial charge in [-0.2, -0.15) is 0 Å². The summed E-state index contributed by atoms with van der Waals surface area (Å²) in [5, 5.41) is 7.16. The molecule has 0 aliphatic carbocycles. The number of nitrogens with one attached hydrogen (secondary N) is 1. The summed E-state index contributed by atoms with van der Waals surface area (Å²) in [6.07, 6.45) is 6.11. The number of carbonyl (C=O) groups excluding carboxylic acids is 1. The minimum Gasteiger partial charge on any atom is -0.377 e. The third-order valence-electron chi connectivity index (χ3n) is 5.27. The monoisotopic (exact) mass is 355 g/mol. The van der Waals surface area contributed by atoms with Crippen molar-refractivity contribution < 1.29 is 14.1 Å². The van der Waals surface area contributed by atoms with Crippen LogP contribution in [0.2, 0.25) is 0 Å². The number of hydrogen-bond donors (Lipinski definition) is 1. The van der Waals surface area contributed by atoms with Crippen molar-refractivity contribution in [2.24, 2.45) is 0 Å². The first-order valence-corrected chi connectivity index (χ1v) is 9.44. The van der Waals surface area contributed by atoms with E-state index in [1.54, 1.807) is 0 Å². The van der Waals surface area contributed by atoms with Crippen molar-refractivity contribution in [1.29, 1.82) is 0 Å². The molecule has 1 aromatic carbocycles. The minimum absolute atomic E-state index is 0.109. The first kappa shape index (κ1) is 17.2. The van der Waals surface area contributed by atoms with Crippen LogP contribution in [-0.2, 0) is 4.74 Å². The van der Waals surface area contributed by atoms with E-state index in [1.165, 1.54) is 19.1 Å². The maximum absolute atomic E-state index is 12.7. The van der Waals surface area contributed by atoms with E-state index in [2.05, 4.69) is 15.4 Å². The first-order chi connectivity index (χ1) is 12.8. The highest BCUT2D eigenvalue weighted by Gasteiger charge is 2.26. The molecule has 1 N–H and O–H groups in total. The summed E-state index contributed by atoms with van der Waals surface area (Å²) in [5.74, 6) is -0.109. The zero-order chi connectivity index (χ0) is 17.8. The van der Waals surface area contributed by atoms with Gasteiger partial charge < -0.3 is 19.5 Å². The van der Waals surface area contributed by atoms with Crippen molar-refractivity contribution in [3.8, 4) is 11.3 Å². The normalized spacial score (nSPS) is 21.8. The van der Waals surface area contributed by atoms with Gasteiger partial charge >= 0.3 is 0 Å². The number of aromatic nitrogens is 1. The van der Waals surface area contributed by atoms with Gasteiger partial charge in [0.25, 0.3) is 5.91 Å². The number of likely N-dealkylation sites (tertiary alicyclic amines) is 1. The molecule has 2 aliphatic rings. The molecule has 4 rings (SSSR count). The highest BCUT2D eigenvalue weighted by Crippen LogP contribution is 2.22. The lowest BCUT2D eigenvalue weighted by atomic mass is 10.0. The third-order valence-corrected chi connectivity index (χ3v) is 5.27. The second kappa shape index (κ2) is 8.01. The lowest BCUT2D eigenvalue weighted by Gasteiger charge is -2.33. The Morgan fingerprint density at radius 1 is 1.19 bits per heavy atom. The van der Waals surface area contributed by atoms with E-state index in [9.17, 15) is 4.79 Å². The predicted molar refractivity (Wildman–Crippen MR) is 97.8 cm³/mol. The van der Waals surface area contributed by atoms with Crippen LogP contribution in [0.3, 0.4) is 0 Å². The number of carbonyl (C=O) groups is 1. The largest absolute Gasteiger partial charge is 0.377 e. The van der Waals surface area contributed by atoms with E-state index >= 15 is 0 Å². The molecule has 0 spiro atoms. The fourth-order valence-electron chi connectivity index (χ4n) is 3.80. The van der Waals surface area contributed by atoms with Crippen molar-refractivity contribution in [3.05, 3.63) is 42.2 Å². The summed E-state index contributed by atoms with van der Waals surface area (Å²) in [5.41, 5.74) is 1.98. The Morgan fingerprint density at radius 2 is 2.00 bits per heavy atom. The summed E-state index contributed by atoms with van der Waals surface area (Å²) in [7, 11) is 0. The molecule has 1 amide bonds. The van der Waals surface area contributed by atoms with Gasteiger partial charge in [-0.1, -0.05) is 35.5 Å². The lowest BCUT2D eigenvalue weighted by Crippen LogP contribution is -2.46. The summed E-state index contributed by atoms with van der Waals surface area (Å²) in [6.45, 7) is 3.92. The van der Waals surface area contributed by atoms with Crippen LogP contribution in [0.15, 0.2) is 41.1 Å². The molecular formula is C20H25N3O3. The maximum atomic E-state index is 12.7. The molecule has 2 aromatic rings. The molecule has 6 heteroatoms. The Balaban J connectivity index is 1.31. The molecule has 1 unspecified atom stereocenters. The topological polar surface area (TPSA) is 67.6 Å². The average molecular weight is 355 g/mol. The number of benzene rings is 1. The molecule has 1 aromatic heterocycles. The SMILES string of the molecule is O=C(NC1CCN(CC2CCCO2)CC1)c1conc1-c1ccccc1. The third kappa shape index (κ3) is 3.97. The molecule has 138 valence electrons. The first-order valence-electron chi connectivity index (χ1n) is 9.44. The van der Waals surface area contributed by atoms with Crippen LogP contribution in [0, 0.1) is 0 Å². The van der Waals surface area contributed by atoms with Gasteiger partial charge in [0.2, 0.25) is 0 Å². The smallest absolute Gasteiger partial charge is 0.257 e. The number of hydrogen-bond acceptors (Lipinski definition) is 5. The number of amides is 1. The number of nitrogens with zero attached hydrogens (tertiary/aromatic N) is 2. The predicted octanol–water partition coefficient (Wildman–Crippen LogP) is 2.71. The number of rotatable bonds is 5. The molecular weight excluding hydrogens is 330 g/mol. The lowest BCUT2D eigenvalue weighted by molar-refractivity contribution is 0.0613. The number of ether oxygens (including phenoxy) is 1. The van der Waals surface area contributed by atoms with E-state index in [4.69, 9.17) is 9.26 Å². The van der Waals surface area contributed by atoms with Crippen LogP contribution in [0.4, 0.5) is 0 Å². The van der Waals surface area contributed by atoms with Crippen molar-refractivity contribution in [2.45, 2.75) is 37.8 Å². The molecule has 2 aliphatic heterocycles. The standard InChI is InChI=1S/C20H25N3O3/c24-20(18-14-26-22-19(18)15-5-2-1-3-6-15)21-16-8-10-23(11-9-16)13-17-7-4-12-25-17/h1-3,5-6,14,16-17H,4,7-13H2,(H,21,24). The van der Waals surface area contributed by atoms with Gasteiger partial charge in [-0.25, -0.2) is 0 Å². The highest BCUT2D eigenvalue weighted by molar-refractivity contribution is 5.99. The van der Waals surface area contributed by atoms with Crippen LogP contribution < -0.4 is 5.32 Å². The van der Waals surface area contributed by atoms with Crippen LogP contribution in [-0.4, -0.2) is 54.4 Å². The van der Waals surface area contributed by atoms with Crippen LogP contribution >= 0.6 is 0 Å². The van der Waals surface area contributed by atoms with Gasteiger partial charge in [-0.3, -0.25) is 4.79 Å². The molecule has 2 saturated heterocycles. The van der Waals surface area contributed by atoms with E-state index in [1.807, 2.05) is 30.3 Å². The van der Waals surface area contributed by atoms with E-state index < -0.39 is 0 Å². The minimum atomic E-state index is -0.109. The van der Waals surface area contributed by atoms with Crippen molar-refractivity contribution in [2.75, 3.05) is 26.2 Å². The van der Waals surface area contributed by atoms with E-state index in [0.717, 1.165) is 44.6 Å². The summed E-state index contributed by atoms with van der Waals surface area (Å²) < 4.78 is 10.8. The fraction of sp³-hybridized carbons (Fsp3) is 0.500. The van der Waals surface area contributed by atoms with Gasteiger partial charge in [-0.15, -0.1) is 0 Å². The second-order valence-electron chi connectivity index (χ2n) is 7.13. The molecule has 0 bridgehead atoms. The summed E-state index contributed by atoms with van der Waals surface area (Å²) in [4.78, 5) is 15.1. The molecule has 0 saturated carbocycles. The van der Waals surface area contributed by atoms with Gasteiger partial charge in [0.15, 0.2) is 0 Å². The van der Waals surface area contributed by atoms with Gasteiger partial charge in [0.1, 0.15) is 17.5 Å². The van der Waals surface area contributed by atoms with Gasteiger partial charge in [-0.05, 0) is 25.7 Å². The zero-order valence-electron chi connectivity index (χ0n) is 14.9. The molecule has 2 fully saturated rings. The van der Waals surface area contributed by atoms with Crippen LogP contribution in [0.25, 0.3) is 11.3 Å². The van der Waals surface area contributed by atoms with E-state index in [-0.39, 0.29) is 11.9 Å². The quantitative estimate of drug-likeness (QED) is 0.893. The highest BCUT2D eigenvalue weighted by atomic mass is 16.5. The van der Waals surface area contributed by atoms with Gasteiger partial charge in [0, 0.05) is 37.8 Å².